The molecule has 0 radical (unpaired) electrons. The van der Waals surface area contributed by atoms with Gasteiger partial charge in [-0.05, 0) is 48.9 Å². The summed E-state index contributed by atoms with van der Waals surface area (Å²) in [4.78, 5) is 50.4. The number of thiophene rings is 1. The van der Waals surface area contributed by atoms with Crippen molar-refractivity contribution in [3.05, 3.63) is 35.6 Å². The molecule has 3 rings (SSSR count). The van der Waals surface area contributed by atoms with E-state index >= 15 is 0 Å². The summed E-state index contributed by atoms with van der Waals surface area (Å²) in [6.45, 7) is 7.86. The lowest BCUT2D eigenvalue weighted by Gasteiger charge is -2.46. The SMILES string of the molecule is CCOC(=O)Nc1ccc(-c2cc(C(=O)NC3CCCN(C(=O)O)C3C(C)(C)C)c(NC(N)=O)s2)cc1F. The summed E-state index contributed by atoms with van der Waals surface area (Å²) >= 11 is 1.02. The van der Waals surface area contributed by atoms with Gasteiger partial charge in [-0.25, -0.2) is 18.8 Å². The van der Waals surface area contributed by atoms with Gasteiger partial charge in [0.1, 0.15) is 10.8 Å². The average molecular weight is 550 g/mol. The molecule has 11 nitrogen and oxygen atoms in total. The van der Waals surface area contributed by atoms with Crippen LogP contribution in [0.1, 0.15) is 50.9 Å². The monoisotopic (exact) mass is 549 g/mol. The quantitative estimate of drug-likeness (QED) is 0.344. The predicted octanol–water partition coefficient (Wildman–Crippen LogP) is 4.90. The third-order valence-corrected chi connectivity index (χ3v) is 7.16. The minimum atomic E-state index is -1.05. The van der Waals surface area contributed by atoms with E-state index in [1.54, 1.807) is 13.0 Å². The first-order valence-electron chi connectivity index (χ1n) is 12.1. The van der Waals surface area contributed by atoms with Crippen molar-refractivity contribution in [3.8, 4) is 10.4 Å². The minimum absolute atomic E-state index is 0.0780. The van der Waals surface area contributed by atoms with E-state index in [1.165, 1.54) is 23.1 Å². The fraction of sp³-hybridized carbons (Fsp3) is 0.440. The van der Waals surface area contributed by atoms with E-state index in [-0.39, 0.29) is 22.9 Å². The van der Waals surface area contributed by atoms with E-state index in [4.69, 9.17) is 10.5 Å². The van der Waals surface area contributed by atoms with E-state index in [0.717, 1.165) is 11.3 Å². The molecule has 2 atom stereocenters. The number of benzene rings is 1. The molecule has 2 aromatic rings. The highest BCUT2D eigenvalue weighted by molar-refractivity contribution is 7.20. The van der Waals surface area contributed by atoms with E-state index < -0.39 is 47.4 Å². The molecule has 1 fully saturated rings. The number of nitrogens with two attached hydrogens (primary N) is 1. The van der Waals surface area contributed by atoms with Gasteiger partial charge in [0.05, 0.1) is 29.9 Å². The lowest BCUT2D eigenvalue weighted by molar-refractivity contribution is 0.0359. The number of ether oxygens (including phenoxy) is 1. The summed E-state index contributed by atoms with van der Waals surface area (Å²) in [5.74, 6) is -1.24. The number of carbonyl (C=O) groups excluding carboxylic acids is 3. The number of primary amides is 1. The fourth-order valence-corrected chi connectivity index (χ4v) is 5.69. The van der Waals surface area contributed by atoms with Crippen molar-refractivity contribution in [2.24, 2.45) is 11.1 Å². The van der Waals surface area contributed by atoms with Gasteiger partial charge in [0.15, 0.2) is 0 Å². The summed E-state index contributed by atoms with van der Waals surface area (Å²) < 4.78 is 19.5. The number of amides is 5. The first kappa shape index (κ1) is 28.7. The number of carboxylic acid groups (broad SMARTS) is 1. The number of piperidine rings is 1. The van der Waals surface area contributed by atoms with Gasteiger partial charge in [-0.2, -0.15) is 0 Å². The number of urea groups is 1. The van der Waals surface area contributed by atoms with E-state index in [9.17, 15) is 28.7 Å². The second-order valence-corrected chi connectivity index (χ2v) is 10.9. The van der Waals surface area contributed by atoms with Gasteiger partial charge < -0.3 is 25.8 Å². The number of anilines is 2. The summed E-state index contributed by atoms with van der Waals surface area (Å²) in [7, 11) is 0. The van der Waals surface area contributed by atoms with Crippen molar-refractivity contribution in [1.82, 2.24) is 10.2 Å². The first-order valence-corrected chi connectivity index (χ1v) is 12.9. The fourth-order valence-electron chi connectivity index (χ4n) is 4.63. The number of rotatable bonds is 6. The number of hydrogen-bond donors (Lipinski definition) is 5. The van der Waals surface area contributed by atoms with Crippen molar-refractivity contribution in [2.75, 3.05) is 23.8 Å². The average Bonchev–Trinajstić information content (AvgIpc) is 3.23. The summed E-state index contributed by atoms with van der Waals surface area (Å²) in [6, 6.07) is 3.77. The number of likely N-dealkylation sites (tertiary alicyclic amines) is 1. The Morgan fingerprint density at radius 2 is 1.92 bits per heavy atom. The standard InChI is InChI=1S/C25H32FN5O6S/c1-5-37-23(34)29-16-9-8-13(11-15(16)26)18-12-14(21(38-18)30-22(27)33)20(32)28-17-7-6-10-31(24(35)36)19(17)25(2,3)4/h8-9,11-12,17,19H,5-7,10H2,1-4H3,(H,28,32)(H,29,34)(H,35,36)(H3,27,30,33). The number of halogens is 1. The molecule has 5 amide bonds. The summed E-state index contributed by atoms with van der Waals surface area (Å²) in [5.41, 5.74) is 5.29. The Morgan fingerprint density at radius 3 is 2.50 bits per heavy atom. The van der Waals surface area contributed by atoms with Crippen molar-refractivity contribution < 1.29 is 33.4 Å². The van der Waals surface area contributed by atoms with Crippen LogP contribution in [0.25, 0.3) is 10.4 Å². The van der Waals surface area contributed by atoms with Crippen LogP contribution in [0.2, 0.25) is 0 Å². The summed E-state index contributed by atoms with van der Waals surface area (Å²) in [6.07, 6.45) is -0.690. The summed E-state index contributed by atoms with van der Waals surface area (Å²) in [5, 5.41) is 17.6. The smallest absolute Gasteiger partial charge is 0.411 e. The Bertz CT molecular complexity index is 1230. The Morgan fingerprint density at radius 1 is 1.21 bits per heavy atom. The molecule has 38 heavy (non-hydrogen) atoms. The Hall–Kier alpha value is -3.87. The largest absolute Gasteiger partial charge is 0.465 e. The molecule has 0 aliphatic carbocycles. The molecule has 1 aromatic carbocycles. The van der Waals surface area contributed by atoms with Crippen molar-refractivity contribution >= 4 is 46.2 Å². The molecule has 13 heteroatoms. The van der Waals surface area contributed by atoms with Crippen LogP contribution in [-0.2, 0) is 4.74 Å². The highest BCUT2D eigenvalue weighted by Gasteiger charge is 2.42. The molecule has 0 bridgehead atoms. The van der Waals surface area contributed by atoms with Crippen LogP contribution in [0.5, 0.6) is 0 Å². The maximum atomic E-state index is 14.7. The number of carbonyl (C=O) groups is 4. The van der Waals surface area contributed by atoms with Crippen molar-refractivity contribution in [3.63, 3.8) is 0 Å². The van der Waals surface area contributed by atoms with Gasteiger partial charge in [0, 0.05) is 11.4 Å². The molecule has 1 aliphatic rings. The van der Waals surface area contributed by atoms with Crippen molar-refractivity contribution in [2.45, 2.75) is 52.6 Å². The number of nitrogens with zero attached hydrogens (tertiary/aromatic N) is 1. The normalized spacial score (nSPS) is 17.4. The third kappa shape index (κ3) is 6.71. The molecule has 2 heterocycles. The van der Waals surface area contributed by atoms with Gasteiger partial charge in [-0.15, -0.1) is 11.3 Å². The van der Waals surface area contributed by atoms with Crippen LogP contribution in [0.15, 0.2) is 24.3 Å². The molecular weight excluding hydrogens is 517 g/mol. The molecule has 1 aromatic heterocycles. The van der Waals surface area contributed by atoms with Crippen LogP contribution in [0.3, 0.4) is 0 Å². The zero-order valence-electron chi connectivity index (χ0n) is 21.6. The Balaban J connectivity index is 1.91. The Kier molecular flexibility index (Phi) is 8.82. The Labute approximate surface area is 223 Å². The highest BCUT2D eigenvalue weighted by Crippen LogP contribution is 2.38. The van der Waals surface area contributed by atoms with Crippen LogP contribution in [-0.4, -0.2) is 59.4 Å². The van der Waals surface area contributed by atoms with Crippen LogP contribution in [0.4, 0.5) is 29.5 Å². The molecule has 0 spiro atoms. The molecule has 1 saturated heterocycles. The third-order valence-electron chi connectivity index (χ3n) is 6.06. The predicted molar refractivity (Wildman–Crippen MR) is 142 cm³/mol. The van der Waals surface area contributed by atoms with Crippen LogP contribution >= 0.6 is 11.3 Å². The second-order valence-electron chi connectivity index (χ2n) is 9.89. The van der Waals surface area contributed by atoms with Gasteiger partial charge >= 0.3 is 18.2 Å². The van der Waals surface area contributed by atoms with Crippen molar-refractivity contribution in [1.29, 1.82) is 0 Å². The zero-order chi connectivity index (χ0) is 28.2. The van der Waals surface area contributed by atoms with Crippen LogP contribution < -0.4 is 21.7 Å². The van der Waals surface area contributed by atoms with Crippen LogP contribution in [0, 0.1) is 11.2 Å². The van der Waals surface area contributed by atoms with Gasteiger partial charge in [-0.1, -0.05) is 26.8 Å². The topological polar surface area (TPSA) is 163 Å². The van der Waals surface area contributed by atoms with E-state index in [1.807, 2.05) is 20.8 Å². The van der Waals surface area contributed by atoms with E-state index in [2.05, 4.69) is 16.0 Å². The van der Waals surface area contributed by atoms with Gasteiger partial charge in [0.25, 0.3) is 5.91 Å². The maximum Gasteiger partial charge on any atom is 0.411 e. The minimum Gasteiger partial charge on any atom is -0.465 e. The number of nitrogens with one attached hydrogen (secondary N) is 3. The molecule has 6 N–H and O–H groups in total. The molecule has 206 valence electrons. The lowest BCUT2D eigenvalue weighted by atomic mass is 9.77. The highest BCUT2D eigenvalue weighted by atomic mass is 32.1. The van der Waals surface area contributed by atoms with E-state index in [0.29, 0.717) is 29.8 Å². The molecule has 0 saturated carbocycles. The second kappa shape index (κ2) is 11.7. The van der Waals surface area contributed by atoms with Gasteiger partial charge in [-0.3, -0.25) is 15.4 Å². The first-order chi connectivity index (χ1) is 17.8. The maximum absolute atomic E-state index is 14.7. The number of hydrogen-bond acceptors (Lipinski definition) is 6. The zero-order valence-corrected chi connectivity index (χ0v) is 22.4. The lowest BCUT2D eigenvalue weighted by Crippen LogP contribution is -2.61. The van der Waals surface area contributed by atoms with Gasteiger partial charge in [0.2, 0.25) is 0 Å². The molecule has 1 aliphatic heterocycles. The molecule has 2 unspecified atom stereocenters. The molecular formula is C25H32FN5O6S.